The highest BCUT2D eigenvalue weighted by Crippen LogP contribution is 1.95. The first-order valence-corrected chi connectivity index (χ1v) is 6.98. The van der Waals surface area contributed by atoms with E-state index in [2.05, 4.69) is 17.2 Å². The topological polar surface area (TPSA) is 56.1 Å². The molecule has 0 atom stereocenters. The summed E-state index contributed by atoms with van der Waals surface area (Å²) in [6, 6.07) is 1.93. The molecule has 0 saturated heterocycles. The molecule has 0 unspecified atom stereocenters. The van der Waals surface area contributed by atoms with Crippen molar-refractivity contribution < 1.29 is 4.74 Å². The number of hydrogen-bond acceptors (Lipinski definition) is 4. The first-order chi connectivity index (χ1) is 9.15. The van der Waals surface area contributed by atoms with Crippen LogP contribution in [0.5, 0.6) is 0 Å². The van der Waals surface area contributed by atoms with E-state index in [9.17, 15) is 4.79 Å². The van der Waals surface area contributed by atoms with Crippen molar-refractivity contribution in [2.45, 2.75) is 40.2 Å². The zero-order chi connectivity index (χ0) is 14.1. The van der Waals surface area contributed by atoms with Crippen LogP contribution in [0.25, 0.3) is 0 Å². The molecule has 1 heterocycles. The van der Waals surface area contributed by atoms with E-state index in [4.69, 9.17) is 4.74 Å². The van der Waals surface area contributed by atoms with Gasteiger partial charge in [-0.3, -0.25) is 4.57 Å². The summed E-state index contributed by atoms with van der Waals surface area (Å²) >= 11 is 0. The minimum atomic E-state index is -0.168. The molecule has 1 rings (SSSR count). The van der Waals surface area contributed by atoms with Crippen LogP contribution < -0.4 is 11.0 Å². The number of nitrogens with zero attached hydrogens (tertiary/aromatic N) is 2. The minimum absolute atomic E-state index is 0.168. The van der Waals surface area contributed by atoms with Gasteiger partial charge in [-0.2, -0.15) is 4.98 Å². The van der Waals surface area contributed by atoms with Crippen molar-refractivity contribution in [2.24, 2.45) is 0 Å². The SMILES string of the molecule is CCCCOCCNCCn1c(C)cc(C)nc1=O. The van der Waals surface area contributed by atoms with Gasteiger partial charge in [0.2, 0.25) is 0 Å². The third-order valence-electron chi connectivity index (χ3n) is 2.92. The van der Waals surface area contributed by atoms with Crippen LogP contribution in [0.1, 0.15) is 31.2 Å². The summed E-state index contributed by atoms with van der Waals surface area (Å²) in [5.74, 6) is 0. The molecule has 0 fully saturated rings. The molecule has 0 aliphatic carbocycles. The van der Waals surface area contributed by atoms with E-state index < -0.39 is 0 Å². The summed E-state index contributed by atoms with van der Waals surface area (Å²) in [4.78, 5) is 15.6. The minimum Gasteiger partial charge on any atom is -0.380 e. The van der Waals surface area contributed by atoms with Crippen molar-refractivity contribution >= 4 is 0 Å². The Morgan fingerprint density at radius 3 is 2.79 bits per heavy atom. The van der Waals surface area contributed by atoms with Crippen LogP contribution in [-0.2, 0) is 11.3 Å². The molecule has 0 saturated carbocycles. The second-order valence-electron chi connectivity index (χ2n) is 4.69. The summed E-state index contributed by atoms with van der Waals surface area (Å²) < 4.78 is 7.14. The molecule has 108 valence electrons. The highest BCUT2D eigenvalue weighted by molar-refractivity contribution is 5.06. The summed E-state index contributed by atoms with van der Waals surface area (Å²) in [5, 5.41) is 3.27. The summed E-state index contributed by atoms with van der Waals surface area (Å²) in [6.07, 6.45) is 2.28. The van der Waals surface area contributed by atoms with E-state index in [1.165, 1.54) is 0 Å². The van der Waals surface area contributed by atoms with E-state index in [0.717, 1.165) is 50.5 Å². The molecule has 0 spiro atoms. The molecular weight excluding hydrogens is 242 g/mol. The van der Waals surface area contributed by atoms with E-state index in [1.54, 1.807) is 4.57 Å². The van der Waals surface area contributed by atoms with Gasteiger partial charge < -0.3 is 10.1 Å². The number of rotatable bonds is 9. The van der Waals surface area contributed by atoms with Crippen LogP contribution in [0.3, 0.4) is 0 Å². The van der Waals surface area contributed by atoms with Crippen molar-refractivity contribution in [3.05, 3.63) is 27.9 Å². The Balaban J connectivity index is 2.21. The van der Waals surface area contributed by atoms with E-state index >= 15 is 0 Å². The van der Waals surface area contributed by atoms with Gasteiger partial charge in [0.15, 0.2) is 0 Å². The second-order valence-corrected chi connectivity index (χ2v) is 4.69. The molecule has 5 nitrogen and oxygen atoms in total. The smallest absolute Gasteiger partial charge is 0.347 e. The van der Waals surface area contributed by atoms with Crippen LogP contribution in [-0.4, -0.2) is 35.9 Å². The molecular formula is C14H25N3O2. The van der Waals surface area contributed by atoms with Crippen molar-refractivity contribution in [2.75, 3.05) is 26.3 Å². The normalized spacial score (nSPS) is 10.9. The third-order valence-corrected chi connectivity index (χ3v) is 2.92. The van der Waals surface area contributed by atoms with E-state index in [0.29, 0.717) is 6.54 Å². The van der Waals surface area contributed by atoms with Gasteiger partial charge in [-0.25, -0.2) is 4.79 Å². The van der Waals surface area contributed by atoms with Gasteiger partial charge >= 0.3 is 5.69 Å². The monoisotopic (exact) mass is 267 g/mol. The Bertz CT molecular complexity index is 429. The molecule has 0 aromatic carbocycles. The number of hydrogen-bond donors (Lipinski definition) is 1. The fraction of sp³-hybridized carbons (Fsp3) is 0.714. The lowest BCUT2D eigenvalue weighted by Crippen LogP contribution is -2.31. The Hall–Kier alpha value is -1.20. The van der Waals surface area contributed by atoms with Crippen molar-refractivity contribution in [3.8, 4) is 0 Å². The van der Waals surface area contributed by atoms with Crippen LogP contribution in [0.4, 0.5) is 0 Å². The molecule has 0 radical (unpaired) electrons. The quantitative estimate of drug-likeness (QED) is 0.685. The number of aryl methyl sites for hydroxylation is 2. The summed E-state index contributed by atoms with van der Waals surface area (Å²) in [5.41, 5.74) is 1.56. The summed E-state index contributed by atoms with van der Waals surface area (Å²) in [6.45, 7) is 9.69. The Labute approximate surface area is 115 Å². The molecule has 1 aromatic heterocycles. The molecule has 5 heteroatoms. The molecule has 0 amide bonds. The van der Waals surface area contributed by atoms with Gasteiger partial charge in [0.05, 0.1) is 6.61 Å². The second kappa shape index (κ2) is 8.82. The fourth-order valence-electron chi connectivity index (χ4n) is 1.86. The van der Waals surface area contributed by atoms with Gasteiger partial charge in [0.1, 0.15) is 0 Å². The molecule has 0 aliphatic heterocycles. The average Bonchev–Trinajstić information content (AvgIpc) is 2.35. The van der Waals surface area contributed by atoms with E-state index in [-0.39, 0.29) is 5.69 Å². The predicted octanol–water partition coefficient (Wildman–Crippen LogP) is 1.27. The van der Waals surface area contributed by atoms with Crippen LogP contribution >= 0.6 is 0 Å². The maximum atomic E-state index is 11.7. The zero-order valence-electron chi connectivity index (χ0n) is 12.2. The number of aromatic nitrogens is 2. The Kier molecular flexibility index (Phi) is 7.36. The zero-order valence-corrected chi connectivity index (χ0v) is 12.2. The number of ether oxygens (including phenoxy) is 1. The first-order valence-electron chi connectivity index (χ1n) is 6.98. The van der Waals surface area contributed by atoms with Gasteiger partial charge in [-0.05, 0) is 26.3 Å². The molecule has 0 aliphatic rings. The van der Waals surface area contributed by atoms with Gasteiger partial charge in [0.25, 0.3) is 0 Å². The van der Waals surface area contributed by atoms with Gasteiger partial charge in [0, 0.05) is 37.6 Å². The van der Waals surface area contributed by atoms with Crippen LogP contribution in [0, 0.1) is 13.8 Å². The Morgan fingerprint density at radius 2 is 2.11 bits per heavy atom. The number of nitrogens with one attached hydrogen (secondary N) is 1. The number of unbranched alkanes of at least 4 members (excludes halogenated alkanes) is 1. The Morgan fingerprint density at radius 1 is 1.32 bits per heavy atom. The standard InChI is InChI=1S/C14H25N3O2/c1-4-5-9-19-10-7-15-6-8-17-13(3)11-12(2)16-14(17)18/h11,15H,4-10H2,1-3H3. The lowest BCUT2D eigenvalue weighted by Gasteiger charge is -2.10. The van der Waals surface area contributed by atoms with Crippen LogP contribution in [0.15, 0.2) is 10.9 Å². The molecule has 1 aromatic rings. The predicted molar refractivity (Wildman–Crippen MR) is 76.6 cm³/mol. The third kappa shape index (κ3) is 5.98. The highest BCUT2D eigenvalue weighted by Gasteiger charge is 2.01. The highest BCUT2D eigenvalue weighted by atomic mass is 16.5. The maximum absolute atomic E-state index is 11.7. The van der Waals surface area contributed by atoms with Gasteiger partial charge in [-0.1, -0.05) is 13.3 Å². The van der Waals surface area contributed by atoms with E-state index in [1.807, 2.05) is 19.9 Å². The van der Waals surface area contributed by atoms with Crippen molar-refractivity contribution in [1.29, 1.82) is 0 Å². The van der Waals surface area contributed by atoms with Crippen molar-refractivity contribution in [1.82, 2.24) is 14.9 Å². The average molecular weight is 267 g/mol. The van der Waals surface area contributed by atoms with Crippen LogP contribution in [0.2, 0.25) is 0 Å². The summed E-state index contributed by atoms with van der Waals surface area (Å²) in [7, 11) is 0. The largest absolute Gasteiger partial charge is 0.380 e. The maximum Gasteiger partial charge on any atom is 0.347 e. The lowest BCUT2D eigenvalue weighted by atomic mass is 10.3. The molecule has 0 bridgehead atoms. The molecule has 1 N–H and O–H groups in total. The lowest BCUT2D eigenvalue weighted by molar-refractivity contribution is 0.133. The fourth-order valence-corrected chi connectivity index (χ4v) is 1.86. The first kappa shape index (κ1) is 15.9. The molecule has 19 heavy (non-hydrogen) atoms. The van der Waals surface area contributed by atoms with Crippen molar-refractivity contribution in [3.63, 3.8) is 0 Å². The van der Waals surface area contributed by atoms with Gasteiger partial charge in [-0.15, -0.1) is 0 Å².